The van der Waals surface area contributed by atoms with Crippen molar-refractivity contribution in [1.29, 1.82) is 0 Å². The van der Waals surface area contributed by atoms with E-state index >= 15 is 0 Å². The lowest BCUT2D eigenvalue weighted by atomic mass is 10.1. The van der Waals surface area contributed by atoms with Gasteiger partial charge in [0.15, 0.2) is 10.7 Å². The number of hydrogen-bond acceptors (Lipinski definition) is 4. The standard InChI is InChI=1S/C16H20N2O3S/c1-4-8-17-16(22)18-14-12(20-5-2)7-6-11-10(3)9-13(19)21-15(11)14/h6-7,9H,4-5,8H2,1-3H3,(H2,17,18,22). The van der Waals surface area contributed by atoms with Gasteiger partial charge in [0, 0.05) is 18.0 Å². The number of nitrogens with one attached hydrogen (secondary N) is 2. The third kappa shape index (κ3) is 3.57. The van der Waals surface area contributed by atoms with Crippen molar-refractivity contribution >= 4 is 34.0 Å². The highest BCUT2D eigenvalue weighted by molar-refractivity contribution is 7.80. The molecule has 0 aliphatic rings. The zero-order valence-electron chi connectivity index (χ0n) is 13.0. The fraction of sp³-hybridized carbons (Fsp3) is 0.375. The lowest BCUT2D eigenvalue weighted by Crippen LogP contribution is -2.29. The Morgan fingerprint density at radius 1 is 1.36 bits per heavy atom. The van der Waals surface area contributed by atoms with Crippen LogP contribution in [0.1, 0.15) is 25.8 Å². The zero-order valence-corrected chi connectivity index (χ0v) is 13.8. The monoisotopic (exact) mass is 320 g/mol. The molecule has 22 heavy (non-hydrogen) atoms. The van der Waals surface area contributed by atoms with Crippen LogP contribution in [0.5, 0.6) is 5.75 Å². The van der Waals surface area contributed by atoms with Crippen LogP contribution in [0, 0.1) is 6.92 Å². The highest BCUT2D eigenvalue weighted by Gasteiger charge is 2.14. The molecule has 2 aromatic rings. The smallest absolute Gasteiger partial charge is 0.336 e. The van der Waals surface area contributed by atoms with Gasteiger partial charge in [-0.3, -0.25) is 0 Å². The molecular weight excluding hydrogens is 300 g/mol. The lowest BCUT2D eigenvalue weighted by Gasteiger charge is -2.16. The van der Waals surface area contributed by atoms with Gasteiger partial charge < -0.3 is 19.8 Å². The van der Waals surface area contributed by atoms with Crippen LogP contribution in [0.3, 0.4) is 0 Å². The van der Waals surface area contributed by atoms with Gasteiger partial charge in [0.1, 0.15) is 11.4 Å². The normalized spacial score (nSPS) is 10.5. The first-order valence-electron chi connectivity index (χ1n) is 7.32. The van der Waals surface area contributed by atoms with Gasteiger partial charge in [0.25, 0.3) is 0 Å². The molecule has 0 bridgehead atoms. The molecule has 0 fully saturated rings. The van der Waals surface area contributed by atoms with Crippen molar-refractivity contribution in [1.82, 2.24) is 5.32 Å². The average Bonchev–Trinajstić information content (AvgIpc) is 2.47. The molecule has 0 unspecified atom stereocenters. The van der Waals surface area contributed by atoms with Crippen LogP contribution in [0.25, 0.3) is 11.0 Å². The van der Waals surface area contributed by atoms with Crippen LogP contribution in [0.2, 0.25) is 0 Å². The largest absolute Gasteiger partial charge is 0.492 e. The topological polar surface area (TPSA) is 63.5 Å². The van der Waals surface area contributed by atoms with Crippen LogP contribution < -0.4 is 21.0 Å². The highest BCUT2D eigenvalue weighted by atomic mass is 32.1. The van der Waals surface area contributed by atoms with Gasteiger partial charge in [-0.15, -0.1) is 0 Å². The Morgan fingerprint density at radius 3 is 2.82 bits per heavy atom. The summed E-state index contributed by atoms with van der Waals surface area (Å²) in [6.07, 6.45) is 0.962. The number of thiocarbonyl (C=S) groups is 1. The Labute approximate surface area is 134 Å². The van der Waals surface area contributed by atoms with E-state index < -0.39 is 5.63 Å². The van der Waals surface area contributed by atoms with Crippen molar-refractivity contribution < 1.29 is 9.15 Å². The zero-order chi connectivity index (χ0) is 16.1. The molecule has 0 radical (unpaired) electrons. The Hall–Kier alpha value is -2.08. The average molecular weight is 320 g/mol. The number of hydrogen-bond donors (Lipinski definition) is 2. The van der Waals surface area contributed by atoms with Gasteiger partial charge in [-0.25, -0.2) is 4.79 Å². The molecule has 1 heterocycles. The number of ether oxygens (including phenoxy) is 1. The molecule has 0 saturated carbocycles. The van der Waals surface area contributed by atoms with E-state index in [0.29, 0.717) is 28.7 Å². The van der Waals surface area contributed by atoms with Crippen LogP contribution in [-0.2, 0) is 0 Å². The van der Waals surface area contributed by atoms with E-state index in [0.717, 1.165) is 23.9 Å². The van der Waals surface area contributed by atoms with Crippen LogP contribution in [0.15, 0.2) is 27.4 Å². The molecule has 6 heteroatoms. The minimum Gasteiger partial charge on any atom is -0.492 e. The molecule has 0 spiro atoms. The lowest BCUT2D eigenvalue weighted by molar-refractivity contribution is 0.342. The van der Waals surface area contributed by atoms with Gasteiger partial charge in [-0.1, -0.05) is 6.92 Å². The summed E-state index contributed by atoms with van der Waals surface area (Å²) in [5.41, 5.74) is 1.49. The van der Waals surface area contributed by atoms with E-state index in [1.807, 2.05) is 26.0 Å². The summed E-state index contributed by atoms with van der Waals surface area (Å²) in [5.74, 6) is 0.601. The van der Waals surface area contributed by atoms with Gasteiger partial charge >= 0.3 is 5.63 Å². The second-order valence-electron chi connectivity index (χ2n) is 4.88. The quantitative estimate of drug-likeness (QED) is 0.651. The second kappa shape index (κ2) is 7.26. The first-order chi connectivity index (χ1) is 10.6. The van der Waals surface area contributed by atoms with Gasteiger partial charge in [-0.2, -0.15) is 0 Å². The van der Waals surface area contributed by atoms with E-state index in [1.54, 1.807) is 0 Å². The summed E-state index contributed by atoms with van der Waals surface area (Å²) >= 11 is 5.28. The molecule has 5 nitrogen and oxygen atoms in total. The van der Waals surface area contributed by atoms with Crippen molar-refractivity contribution in [3.63, 3.8) is 0 Å². The Balaban J connectivity index is 2.53. The second-order valence-corrected chi connectivity index (χ2v) is 5.29. The van der Waals surface area contributed by atoms with E-state index in [1.165, 1.54) is 6.07 Å². The number of benzene rings is 1. The van der Waals surface area contributed by atoms with Crippen molar-refractivity contribution in [2.24, 2.45) is 0 Å². The maximum Gasteiger partial charge on any atom is 0.336 e. The summed E-state index contributed by atoms with van der Waals surface area (Å²) in [6.45, 7) is 7.10. The van der Waals surface area contributed by atoms with Gasteiger partial charge in [-0.05, 0) is 50.2 Å². The first-order valence-corrected chi connectivity index (χ1v) is 7.72. The van der Waals surface area contributed by atoms with Crippen LogP contribution >= 0.6 is 12.2 Å². The molecule has 2 N–H and O–H groups in total. The summed E-state index contributed by atoms with van der Waals surface area (Å²) in [4.78, 5) is 11.7. The molecule has 1 aromatic carbocycles. The van der Waals surface area contributed by atoms with Crippen molar-refractivity contribution in [2.45, 2.75) is 27.2 Å². The highest BCUT2D eigenvalue weighted by Crippen LogP contribution is 2.34. The summed E-state index contributed by atoms with van der Waals surface area (Å²) < 4.78 is 11.0. The third-order valence-corrected chi connectivity index (χ3v) is 3.40. The van der Waals surface area contributed by atoms with Crippen LogP contribution in [-0.4, -0.2) is 18.3 Å². The molecule has 118 valence electrons. The van der Waals surface area contributed by atoms with Crippen molar-refractivity contribution in [3.8, 4) is 5.75 Å². The Bertz CT molecular complexity index is 740. The summed E-state index contributed by atoms with van der Waals surface area (Å²) in [6, 6.07) is 5.20. The van der Waals surface area contributed by atoms with Crippen molar-refractivity contribution in [2.75, 3.05) is 18.5 Å². The molecular formula is C16H20N2O3S. The van der Waals surface area contributed by atoms with Crippen LogP contribution in [0.4, 0.5) is 5.69 Å². The summed E-state index contributed by atoms with van der Waals surface area (Å²) in [7, 11) is 0. The molecule has 0 aliphatic heterocycles. The number of fused-ring (bicyclic) bond motifs is 1. The maximum atomic E-state index is 11.7. The molecule has 0 amide bonds. The minimum atomic E-state index is -0.394. The maximum absolute atomic E-state index is 11.7. The SMILES string of the molecule is CCCNC(=S)Nc1c(OCC)ccc2c(C)cc(=O)oc12. The molecule has 0 atom stereocenters. The molecule has 1 aromatic heterocycles. The third-order valence-electron chi connectivity index (χ3n) is 3.16. The Kier molecular flexibility index (Phi) is 5.38. The fourth-order valence-corrected chi connectivity index (χ4v) is 2.36. The molecule has 0 saturated heterocycles. The van der Waals surface area contributed by atoms with E-state index in [2.05, 4.69) is 17.6 Å². The van der Waals surface area contributed by atoms with Gasteiger partial charge in [0.2, 0.25) is 0 Å². The Morgan fingerprint density at radius 2 is 2.14 bits per heavy atom. The summed E-state index contributed by atoms with van der Waals surface area (Å²) in [5, 5.41) is 7.50. The van der Waals surface area contributed by atoms with E-state index in [4.69, 9.17) is 21.4 Å². The van der Waals surface area contributed by atoms with Crippen molar-refractivity contribution in [3.05, 3.63) is 34.2 Å². The number of aryl methyl sites for hydroxylation is 1. The molecule has 2 rings (SSSR count). The number of anilines is 1. The predicted molar refractivity (Wildman–Crippen MR) is 92.9 cm³/mol. The van der Waals surface area contributed by atoms with Gasteiger partial charge in [0.05, 0.1) is 6.61 Å². The molecule has 0 aliphatic carbocycles. The van der Waals surface area contributed by atoms with E-state index in [-0.39, 0.29) is 0 Å². The minimum absolute atomic E-state index is 0.394. The predicted octanol–water partition coefficient (Wildman–Crippen LogP) is 3.20. The van der Waals surface area contributed by atoms with E-state index in [9.17, 15) is 4.79 Å². The first kappa shape index (κ1) is 16.3. The fourth-order valence-electron chi connectivity index (χ4n) is 2.16. The number of rotatable bonds is 5.